The summed E-state index contributed by atoms with van der Waals surface area (Å²) >= 11 is 0. The highest BCUT2D eigenvalue weighted by atomic mass is 16.5. The molecule has 0 aliphatic heterocycles. The van der Waals surface area contributed by atoms with Crippen molar-refractivity contribution in [1.29, 1.82) is 5.26 Å². The molecule has 0 bridgehead atoms. The summed E-state index contributed by atoms with van der Waals surface area (Å²) in [6.07, 6.45) is 1.66. The largest absolute Gasteiger partial charge is 0.493 e. The van der Waals surface area contributed by atoms with E-state index in [1.807, 2.05) is 12.1 Å². The normalized spacial score (nSPS) is 15.5. The molecule has 3 heteroatoms. The quantitative estimate of drug-likeness (QED) is 0.838. The molecule has 1 aromatic carbocycles. The van der Waals surface area contributed by atoms with Crippen LogP contribution in [0, 0.1) is 11.3 Å². The smallest absolute Gasteiger partial charge is 0.119 e. The summed E-state index contributed by atoms with van der Waals surface area (Å²) in [6.45, 7) is 6.56. The minimum Gasteiger partial charge on any atom is -0.493 e. The molecule has 0 aliphatic carbocycles. The second kappa shape index (κ2) is 6.42. The van der Waals surface area contributed by atoms with Gasteiger partial charge in [-0.3, -0.25) is 0 Å². The third-order valence-electron chi connectivity index (χ3n) is 3.21. The molecule has 0 saturated carbocycles. The van der Waals surface area contributed by atoms with Gasteiger partial charge in [-0.2, -0.15) is 5.26 Å². The van der Waals surface area contributed by atoms with Crippen LogP contribution in [0.1, 0.15) is 45.1 Å². The Morgan fingerprint density at radius 1 is 1.39 bits per heavy atom. The number of nitrogens with two attached hydrogens (primary N) is 1. The van der Waals surface area contributed by atoms with Crippen LogP contribution in [-0.4, -0.2) is 12.1 Å². The number of rotatable bonds is 6. The van der Waals surface area contributed by atoms with Gasteiger partial charge in [-0.15, -0.1) is 0 Å². The van der Waals surface area contributed by atoms with E-state index in [0.717, 1.165) is 12.2 Å². The molecule has 0 saturated heterocycles. The number of hydrogen-bond donors (Lipinski definition) is 1. The van der Waals surface area contributed by atoms with Gasteiger partial charge in [-0.05, 0) is 37.0 Å². The van der Waals surface area contributed by atoms with E-state index in [2.05, 4.69) is 32.0 Å². The fourth-order valence-corrected chi connectivity index (χ4v) is 1.57. The molecular formula is C15H22N2O. The van der Waals surface area contributed by atoms with E-state index in [-0.39, 0.29) is 0 Å². The Kier molecular flexibility index (Phi) is 5.18. The number of nitrogens with zero attached hydrogens (tertiary/aromatic N) is 1. The molecule has 3 nitrogen and oxygen atoms in total. The first-order valence-electron chi connectivity index (χ1n) is 6.41. The van der Waals surface area contributed by atoms with Gasteiger partial charge >= 0.3 is 0 Å². The lowest BCUT2D eigenvalue weighted by Crippen LogP contribution is -2.35. The molecule has 0 aliphatic rings. The molecule has 0 spiro atoms. The van der Waals surface area contributed by atoms with Crippen LogP contribution in [0.4, 0.5) is 0 Å². The summed E-state index contributed by atoms with van der Waals surface area (Å²) in [7, 11) is 0. The van der Waals surface area contributed by atoms with Gasteiger partial charge < -0.3 is 10.5 Å². The summed E-state index contributed by atoms with van der Waals surface area (Å²) in [5, 5.41) is 8.79. The predicted molar refractivity (Wildman–Crippen MR) is 73.5 cm³/mol. The van der Waals surface area contributed by atoms with Crippen LogP contribution in [0.25, 0.3) is 0 Å². The van der Waals surface area contributed by atoms with Gasteiger partial charge in [0.05, 0.1) is 12.7 Å². The number of benzene rings is 1. The highest BCUT2D eigenvalue weighted by molar-refractivity contribution is 5.29. The van der Waals surface area contributed by atoms with E-state index in [4.69, 9.17) is 15.7 Å². The minimum absolute atomic E-state index is 0.462. The number of ether oxygens (including phenoxy) is 1. The summed E-state index contributed by atoms with van der Waals surface area (Å²) < 4.78 is 5.58. The van der Waals surface area contributed by atoms with Crippen molar-refractivity contribution in [3.8, 4) is 11.8 Å². The minimum atomic E-state index is -0.809. The summed E-state index contributed by atoms with van der Waals surface area (Å²) in [5.41, 5.74) is 6.24. The molecular weight excluding hydrogens is 224 g/mol. The van der Waals surface area contributed by atoms with Crippen molar-refractivity contribution < 1.29 is 4.74 Å². The summed E-state index contributed by atoms with van der Waals surface area (Å²) in [4.78, 5) is 0. The Labute approximate surface area is 110 Å². The van der Waals surface area contributed by atoms with Crippen LogP contribution in [0.15, 0.2) is 24.3 Å². The molecule has 0 heterocycles. The van der Waals surface area contributed by atoms with Crippen molar-refractivity contribution in [3.63, 3.8) is 0 Å². The van der Waals surface area contributed by atoms with Gasteiger partial charge in [-0.25, -0.2) is 0 Å². The second-order valence-electron chi connectivity index (χ2n) is 5.01. The van der Waals surface area contributed by atoms with Crippen molar-refractivity contribution in [2.24, 2.45) is 5.73 Å². The Balaban J connectivity index is 2.48. The van der Waals surface area contributed by atoms with Gasteiger partial charge in [0, 0.05) is 6.42 Å². The molecule has 0 radical (unpaired) electrons. The maximum absolute atomic E-state index is 8.79. The van der Waals surface area contributed by atoms with E-state index < -0.39 is 5.54 Å². The maximum Gasteiger partial charge on any atom is 0.119 e. The van der Waals surface area contributed by atoms with Crippen molar-refractivity contribution >= 4 is 0 Å². The monoisotopic (exact) mass is 246 g/mol. The molecule has 1 aromatic rings. The van der Waals surface area contributed by atoms with E-state index in [1.54, 1.807) is 6.92 Å². The Hall–Kier alpha value is -1.53. The predicted octanol–water partition coefficient (Wildman–Crippen LogP) is 3.21. The van der Waals surface area contributed by atoms with Crippen LogP contribution in [0.3, 0.4) is 0 Å². The average molecular weight is 246 g/mol. The fourth-order valence-electron chi connectivity index (χ4n) is 1.57. The Morgan fingerprint density at radius 2 is 2.00 bits per heavy atom. The third-order valence-corrected chi connectivity index (χ3v) is 3.21. The van der Waals surface area contributed by atoms with Gasteiger partial charge in [0.25, 0.3) is 0 Å². The van der Waals surface area contributed by atoms with Gasteiger partial charge in [0.15, 0.2) is 0 Å². The lowest BCUT2D eigenvalue weighted by atomic mass is 9.99. The molecule has 98 valence electrons. The number of nitriles is 1. The van der Waals surface area contributed by atoms with E-state index >= 15 is 0 Å². The zero-order chi connectivity index (χ0) is 13.6. The van der Waals surface area contributed by atoms with Crippen molar-refractivity contribution in [2.45, 2.75) is 45.1 Å². The van der Waals surface area contributed by atoms with Crippen LogP contribution >= 0.6 is 0 Å². The highest BCUT2D eigenvalue weighted by Gasteiger charge is 2.16. The molecule has 18 heavy (non-hydrogen) atoms. The van der Waals surface area contributed by atoms with Crippen LogP contribution in [0.5, 0.6) is 5.75 Å². The lowest BCUT2D eigenvalue weighted by molar-refractivity contribution is 0.286. The Bertz CT molecular complexity index is 403. The SMILES string of the molecule is CCC(C)c1ccc(OCCC(C)(N)C#N)cc1. The molecule has 1 rings (SSSR count). The molecule has 2 atom stereocenters. The first kappa shape index (κ1) is 14.5. The van der Waals surface area contributed by atoms with Gasteiger partial charge in [0.1, 0.15) is 11.3 Å². The zero-order valence-electron chi connectivity index (χ0n) is 11.4. The van der Waals surface area contributed by atoms with Crippen LogP contribution < -0.4 is 10.5 Å². The standard InChI is InChI=1S/C15H22N2O/c1-4-12(2)13-5-7-14(8-6-13)18-10-9-15(3,17)11-16/h5-8,12H,4,9-10,17H2,1-3H3. The van der Waals surface area contributed by atoms with Crippen LogP contribution in [0.2, 0.25) is 0 Å². The van der Waals surface area contributed by atoms with Crippen molar-refractivity contribution in [3.05, 3.63) is 29.8 Å². The average Bonchev–Trinajstić information content (AvgIpc) is 2.38. The zero-order valence-corrected chi connectivity index (χ0v) is 11.4. The van der Waals surface area contributed by atoms with Gasteiger partial charge in [-0.1, -0.05) is 26.0 Å². The van der Waals surface area contributed by atoms with Gasteiger partial charge in [0.2, 0.25) is 0 Å². The first-order chi connectivity index (χ1) is 8.48. The Morgan fingerprint density at radius 3 is 2.50 bits per heavy atom. The molecule has 0 aromatic heterocycles. The van der Waals surface area contributed by atoms with Crippen LogP contribution in [-0.2, 0) is 0 Å². The first-order valence-corrected chi connectivity index (χ1v) is 6.41. The van der Waals surface area contributed by atoms with Crippen molar-refractivity contribution in [2.75, 3.05) is 6.61 Å². The topological polar surface area (TPSA) is 59.0 Å². The molecule has 2 unspecified atom stereocenters. The molecule has 0 fully saturated rings. The summed E-state index contributed by atoms with van der Waals surface area (Å²) in [6, 6.07) is 10.2. The molecule has 2 N–H and O–H groups in total. The number of hydrogen-bond acceptors (Lipinski definition) is 3. The maximum atomic E-state index is 8.79. The summed E-state index contributed by atoms with van der Waals surface area (Å²) in [5.74, 6) is 1.40. The highest BCUT2D eigenvalue weighted by Crippen LogP contribution is 2.21. The van der Waals surface area contributed by atoms with E-state index in [1.165, 1.54) is 5.56 Å². The second-order valence-corrected chi connectivity index (χ2v) is 5.01. The van der Waals surface area contributed by atoms with Crippen molar-refractivity contribution in [1.82, 2.24) is 0 Å². The van der Waals surface area contributed by atoms with E-state index in [9.17, 15) is 0 Å². The molecule has 0 amide bonds. The van der Waals surface area contributed by atoms with E-state index in [0.29, 0.717) is 18.9 Å². The fraction of sp³-hybridized carbons (Fsp3) is 0.533. The lowest BCUT2D eigenvalue weighted by Gasteiger charge is -2.16. The third kappa shape index (κ3) is 4.38.